The molecule has 13 heavy (non-hydrogen) atoms. The lowest BCUT2D eigenvalue weighted by Crippen LogP contribution is -2.46. The van der Waals surface area contributed by atoms with E-state index in [9.17, 15) is 0 Å². The van der Waals surface area contributed by atoms with Crippen LogP contribution >= 0.6 is 0 Å². The van der Waals surface area contributed by atoms with Crippen LogP contribution in [0.3, 0.4) is 0 Å². The lowest BCUT2D eigenvalue weighted by atomic mass is 9.96. The summed E-state index contributed by atoms with van der Waals surface area (Å²) in [6.07, 6.45) is 1.36. The first-order valence-corrected chi connectivity index (χ1v) is 4.80. The number of nitrogens with one attached hydrogen (secondary N) is 1. The van der Waals surface area contributed by atoms with E-state index in [2.05, 4.69) is 5.32 Å². The number of piperidine rings is 1. The van der Waals surface area contributed by atoms with Crippen LogP contribution in [-0.2, 0) is 4.74 Å². The van der Waals surface area contributed by atoms with Gasteiger partial charge >= 0.3 is 0 Å². The molecule has 4 heteroatoms. The molecule has 1 saturated heterocycles. The van der Waals surface area contributed by atoms with Gasteiger partial charge in [-0.25, -0.2) is 0 Å². The van der Waals surface area contributed by atoms with Crippen molar-refractivity contribution in [2.45, 2.75) is 31.5 Å². The van der Waals surface area contributed by atoms with Crippen molar-refractivity contribution in [3.05, 3.63) is 0 Å². The van der Waals surface area contributed by atoms with E-state index in [0.717, 1.165) is 25.9 Å². The first kappa shape index (κ1) is 10.9. The van der Waals surface area contributed by atoms with Gasteiger partial charge in [0.2, 0.25) is 0 Å². The average molecular weight is 189 g/mol. The summed E-state index contributed by atoms with van der Waals surface area (Å²) in [6, 6.07) is 0. The maximum Gasteiger partial charge on any atom is 0.100 e. The number of aliphatic hydroxyl groups excluding tert-OH is 2. The average Bonchev–Trinajstić information content (AvgIpc) is 2.15. The van der Waals surface area contributed by atoms with Crippen molar-refractivity contribution < 1.29 is 14.9 Å². The number of hydrogen-bond donors (Lipinski definition) is 3. The van der Waals surface area contributed by atoms with E-state index in [-0.39, 0.29) is 18.8 Å². The van der Waals surface area contributed by atoms with Crippen LogP contribution in [0.5, 0.6) is 0 Å². The molecule has 0 bridgehead atoms. The predicted octanol–water partition coefficient (Wildman–Crippen LogP) is -0.502. The van der Waals surface area contributed by atoms with E-state index >= 15 is 0 Å². The molecular formula is C9H19NO3. The Morgan fingerprint density at radius 3 is 2.92 bits per heavy atom. The zero-order valence-corrected chi connectivity index (χ0v) is 8.12. The van der Waals surface area contributed by atoms with Crippen LogP contribution in [0.1, 0.15) is 19.8 Å². The van der Waals surface area contributed by atoms with Gasteiger partial charge < -0.3 is 20.3 Å². The highest BCUT2D eigenvalue weighted by Gasteiger charge is 2.27. The van der Waals surface area contributed by atoms with E-state index in [1.165, 1.54) is 0 Å². The highest BCUT2D eigenvalue weighted by atomic mass is 16.5. The molecule has 0 aromatic rings. The minimum absolute atomic E-state index is 0.172. The lowest BCUT2D eigenvalue weighted by Gasteiger charge is -2.34. The number of rotatable bonds is 4. The molecule has 3 N–H and O–H groups in total. The standard InChI is InChI=1S/C9H19NO3/c1-9(3-2-4-10-7-9)13-6-8(12)5-11/h8,10-12H,2-7H2,1H3. The third-order valence-corrected chi connectivity index (χ3v) is 2.39. The second kappa shape index (κ2) is 4.91. The molecule has 1 rings (SSSR count). The summed E-state index contributed by atoms with van der Waals surface area (Å²) in [7, 11) is 0. The van der Waals surface area contributed by atoms with Crippen LogP contribution in [0.2, 0.25) is 0 Å². The van der Waals surface area contributed by atoms with Crippen LogP contribution in [0.4, 0.5) is 0 Å². The maximum absolute atomic E-state index is 9.11. The first-order chi connectivity index (χ1) is 6.16. The van der Waals surface area contributed by atoms with Crippen LogP contribution in [-0.4, -0.2) is 48.2 Å². The molecule has 1 aliphatic heterocycles. The van der Waals surface area contributed by atoms with Crippen molar-refractivity contribution in [2.24, 2.45) is 0 Å². The summed E-state index contributed by atoms with van der Waals surface area (Å²) >= 11 is 0. The quantitative estimate of drug-likeness (QED) is 0.558. The fourth-order valence-electron chi connectivity index (χ4n) is 1.50. The van der Waals surface area contributed by atoms with Gasteiger partial charge in [0.25, 0.3) is 0 Å². The molecule has 1 aliphatic rings. The van der Waals surface area contributed by atoms with E-state index in [4.69, 9.17) is 14.9 Å². The molecule has 1 heterocycles. The Morgan fingerprint density at radius 1 is 1.62 bits per heavy atom. The Kier molecular flexibility index (Phi) is 4.12. The lowest BCUT2D eigenvalue weighted by molar-refractivity contribution is -0.0885. The van der Waals surface area contributed by atoms with Crippen LogP contribution < -0.4 is 5.32 Å². The van der Waals surface area contributed by atoms with Gasteiger partial charge in [0.1, 0.15) is 6.10 Å². The molecule has 78 valence electrons. The van der Waals surface area contributed by atoms with Gasteiger partial charge in [0, 0.05) is 6.54 Å². The maximum atomic E-state index is 9.11. The summed E-state index contributed by atoms with van der Waals surface area (Å²) in [5.74, 6) is 0. The molecule has 0 radical (unpaired) electrons. The molecule has 0 saturated carbocycles. The molecule has 2 unspecified atom stereocenters. The second-order valence-corrected chi connectivity index (χ2v) is 3.88. The van der Waals surface area contributed by atoms with E-state index < -0.39 is 6.10 Å². The van der Waals surface area contributed by atoms with Crippen molar-refractivity contribution in [1.82, 2.24) is 5.32 Å². The topological polar surface area (TPSA) is 61.7 Å². The Bertz CT molecular complexity index is 146. The second-order valence-electron chi connectivity index (χ2n) is 3.88. The van der Waals surface area contributed by atoms with Crippen molar-refractivity contribution in [3.8, 4) is 0 Å². The Balaban J connectivity index is 2.24. The fraction of sp³-hybridized carbons (Fsp3) is 1.00. The summed E-state index contributed by atoms with van der Waals surface area (Å²) in [4.78, 5) is 0. The largest absolute Gasteiger partial charge is 0.394 e. The van der Waals surface area contributed by atoms with Gasteiger partial charge in [-0.2, -0.15) is 0 Å². The molecule has 1 fully saturated rings. The third-order valence-electron chi connectivity index (χ3n) is 2.39. The summed E-state index contributed by atoms with van der Waals surface area (Å²) in [5, 5.41) is 21.0. The van der Waals surface area contributed by atoms with E-state index in [1.54, 1.807) is 0 Å². The number of ether oxygens (including phenoxy) is 1. The van der Waals surface area contributed by atoms with Gasteiger partial charge in [0.15, 0.2) is 0 Å². The highest BCUT2D eigenvalue weighted by molar-refractivity contribution is 4.82. The number of hydrogen-bond acceptors (Lipinski definition) is 4. The molecular weight excluding hydrogens is 170 g/mol. The van der Waals surface area contributed by atoms with E-state index in [1.807, 2.05) is 6.92 Å². The van der Waals surface area contributed by atoms with Gasteiger partial charge in [-0.1, -0.05) is 0 Å². The predicted molar refractivity (Wildman–Crippen MR) is 49.6 cm³/mol. The van der Waals surface area contributed by atoms with Gasteiger partial charge in [-0.05, 0) is 26.3 Å². The Morgan fingerprint density at radius 2 is 2.38 bits per heavy atom. The molecule has 2 atom stereocenters. The molecule has 0 aromatic carbocycles. The van der Waals surface area contributed by atoms with Crippen LogP contribution in [0, 0.1) is 0 Å². The Hall–Kier alpha value is -0.160. The molecule has 0 spiro atoms. The molecule has 0 aromatic heterocycles. The zero-order chi connectivity index (χ0) is 9.73. The molecule has 0 aliphatic carbocycles. The third kappa shape index (κ3) is 3.60. The van der Waals surface area contributed by atoms with Crippen molar-refractivity contribution >= 4 is 0 Å². The minimum Gasteiger partial charge on any atom is -0.394 e. The smallest absolute Gasteiger partial charge is 0.100 e. The first-order valence-electron chi connectivity index (χ1n) is 4.80. The van der Waals surface area contributed by atoms with Gasteiger partial charge in [0.05, 0.1) is 18.8 Å². The number of aliphatic hydroxyl groups is 2. The van der Waals surface area contributed by atoms with Crippen LogP contribution in [0.25, 0.3) is 0 Å². The highest BCUT2D eigenvalue weighted by Crippen LogP contribution is 2.19. The van der Waals surface area contributed by atoms with Crippen LogP contribution in [0.15, 0.2) is 0 Å². The van der Waals surface area contributed by atoms with Gasteiger partial charge in [-0.15, -0.1) is 0 Å². The SMILES string of the molecule is CC1(OCC(O)CO)CCCNC1. The van der Waals surface area contributed by atoms with Crippen molar-refractivity contribution in [3.63, 3.8) is 0 Å². The monoisotopic (exact) mass is 189 g/mol. The minimum atomic E-state index is -0.751. The van der Waals surface area contributed by atoms with Gasteiger partial charge in [-0.3, -0.25) is 0 Å². The zero-order valence-electron chi connectivity index (χ0n) is 8.12. The van der Waals surface area contributed by atoms with Crippen molar-refractivity contribution in [2.75, 3.05) is 26.3 Å². The summed E-state index contributed by atoms with van der Waals surface area (Å²) in [5.41, 5.74) is -0.172. The fourth-order valence-corrected chi connectivity index (χ4v) is 1.50. The Labute approximate surface area is 78.9 Å². The molecule has 0 amide bonds. The summed E-state index contributed by atoms with van der Waals surface area (Å²) in [6.45, 7) is 3.88. The van der Waals surface area contributed by atoms with Crippen molar-refractivity contribution in [1.29, 1.82) is 0 Å². The van der Waals surface area contributed by atoms with E-state index in [0.29, 0.717) is 0 Å². The summed E-state index contributed by atoms with van der Waals surface area (Å²) < 4.78 is 5.55. The molecule has 4 nitrogen and oxygen atoms in total. The normalized spacial score (nSPS) is 31.6.